The molecule has 0 spiro atoms. The molecule has 1 saturated heterocycles. The Morgan fingerprint density at radius 1 is 1.20 bits per heavy atom. The fourth-order valence-electron chi connectivity index (χ4n) is 6.84. The maximum Gasteiger partial charge on any atom is 0.318 e. The average Bonchev–Trinajstić information content (AvgIpc) is 3.01. The van der Waals surface area contributed by atoms with E-state index in [1.54, 1.807) is 4.90 Å². The van der Waals surface area contributed by atoms with Gasteiger partial charge in [-0.15, -0.1) is 0 Å². The van der Waals surface area contributed by atoms with Gasteiger partial charge in [0.05, 0.1) is 24.7 Å². The topological polar surface area (TPSA) is 92.0 Å². The van der Waals surface area contributed by atoms with Gasteiger partial charge in [0, 0.05) is 61.4 Å². The molecule has 0 amide bonds. The molecule has 2 unspecified atom stereocenters. The van der Waals surface area contributed by atoms with Crippen LogP contribution in [0.25, 0.3) is 10.8 Å². The number of aliphatic hydroxyl groups excluding tert-OH is 1. The number of hydrogen-bond acceptors (Lipinski definition) is 9. The number of hydrogen-bond donors (Lipinski definition) is 1. The number of fused-ring (bicyclic) bond motifs is 2. The second-order valence-corrected chi connectivity index (χ2v) is 12.4. The molecule has 45 heavy (non-hydrogen) atoms. The van der Waals surface area contributed by atoms with E-state index in [0.29, 0.717) is 63.4 Å². The first-order valence-electron chi connectivity index (χ1n) is 15.8. The summed E-state index contributed by atoms with van der Waals surface area (Å²) in [6, 6.07) is 12.0. The van der Waals surface area contributed by atoms with Crippen LogP contribution in [0.2, 0.25) is 0 Å². The number of aryl methyl sites for hydroxylation is 1. The first-order chi connectivity index (χ1) is 21.7. The summed E-state index contributed by atoms with van der Waals surface area (Å²) in [6.07, 6.45) is 3.01. The van der Waals surface area contributed by atoms with Crippen molar-refractivity contribution in [1.82, 2.24) is 19.8 Å². The van der Waals surface area contributed by atoms with E-state index in [-0.39, 0.29) is 12.2 Å². The first kappa shape index (κ1) is 31.1. The summed E-state index contributed by atoms with van der Waals surface area (Å²) >= 11 is 0. The maximum absolute atomic E-state index is 14.7. The normalized spacial score (nSPS) is 19.7. The molecule has 1 N–H and O–H groups in total. The molecular weight excluding hydrogens is 576 g/mol. The van der Waals surface area contributed by atoms with E-state index in [0.717, 1.165) is 40.1 Å². The van der Waals surface area contributed by atoms with Crippen LogP contribution in [0, 0.1) is 24.1 Å². The van der Waals surface area contributed by atoms with Crippen LogP contribution in [0.4, 0.5) is 20.3 Å². The fraction of sp³-hybridized carbons (Fsp3) is 0.500. The third kappa shape index (κ3) is 6.32. The standard InChI is InChI=1S/C34H41F2N7O2/c1-22-28(36)11-10-24-6-4-9-30(31(22)24)41-15-13-27-29(21-41)38-34(45-19-18-40(3)25-7-5-8-25)39-32(27)42-16-17-43(33(44)23(2)35)26(20-42)12-14-37/h4,6,9-11,25-26,33,44H,2,5,7-8,12-13,15-21H2,1,3H3. The maximum atomic E-state index is 14.7. The molecule has 2 fully saturated rings. The molecule has 6 rings (SSSR count). The minimum absolute atomic E-state index is 0.121. The van der Waals surface area contributed by atoms with Crippen LogP contribution in [0.15, 0.2) is 42.7 Å². The van der Waals surface area contributed by atoms with E-state index in [1.165, 1.54) is 25.3 Å². The van der Waals surface area contributed by atoms with Crippen LogP contribution in [0.3, 0.4) is 0 Å². The predicted molar refractivity (Wildman–Crippen MR) is 170 cm³/mol. The lowest BCUT2D eigenvalue weighted by Crippen LogP contribution is -2.57. The zero-order valence-corrected chi connectivity index (χ0v) is 26.1. The van der Waals surface area contributed by atoms with Gasteiger partial charge in [0.1, 0.15) is 24.1 Å². The molecule has 2 aliphatic heterocycles. The Hall–Kier alpha value is -3.85. The van der Waals surface area contributed by atoms with Crippen molar-refractivity contribution in [1.29, 1.82) is 5.26 Å². The van der Waals surface area contributed by atoms with E-state index in [9.17, 15) is 19.1 Å². The van der Waals surface area contributed by atoms with Crippen LogP contribution >= 0.6 is 0 Å². The molecular formula is C34H41F2N7O2. The van der Waals surface area contributed by atoms with Crippen molar-refractivity contribution in [3.8, 4) is 12.1 Å². The first-order valence-corrected chi connectivity index (χ1v) is 15.8. The molecule has 11 heteroatoms. The monoisotopic (exact) mass is 617 g/mol. The molecule has 1 saturated carbocycles. The predicted octanol–water partition coefficient (Wildman–Crippen LogP) is 4.71. The average molecular weight is 618 g/mol. The third-order valence-electron chi connectivity index (χ3n) is 9.70. The highest BCUT2D eigenvalue weighted by atomic mass is 19.1. The Labute approximate surface area is 263 Å². The van der Waals surface area contributed by atoms with Gasteiger partial charge in [-0.3, -0.25) is 4.90 Å². The minimum atomic E-state index is -1.46. The summed E-state index contributed by atoms with van der Waals surface area (Å²) in [5.74, 6) is -0.317. The summed E-state index contributed by atoms with van der Waals surface area (Å²) in [6.45, 7) is 8.69. The molecule has 0 radical (unpaired) electrons. The lowest BCUT2D eigenvalue weighted by atomic mass is 9.92. The van der Waals surface area contributed by atoms with E-state index in [2.05, 4.69) is 34.4 Å². The van der Waals surface area contributed by atoms with Crippen molar-refractivity contribution in [3.63, 3.8) is 0 Å². The highest BCUT2D eigenvalue weighted by Gasteiger charge is 2.35. The summed E-state index contributed by atoms with van der Waals surface area (Å²) in [4.78, 5) is 18.1. The largest absolute Gasteiger partial charge is 0.462 e. The second kappa shape index (κ2) is 13.3. The Balaban J connectivity index is 1.31. The molecule has 0 bridgehead atoms. The number of nitrogens with zero attached hydrogens (tertiary/aromatic N) is 7. The zero-order valence-electron chi connectivity index (χ0n) is 26.1. The summed E-state index contributed by atoms with van der Waals surface area (Å²) in [5, 5.41) is 21.9. The van der Waals surface area contributed by atoms with Crippen molar-refractivity contribution in [3.05, 3.63) is 65.4 Å². The number of ether oxygens (including phenoxy) is 1. The van der Waals surface area contributed by atoms with Gasteiger partial charge < -0.3 is 24.5 Å². The Morgan fingerprint density at radius 3 is 2.76 bits per heavy atom. The molecule has 1 aliphatic carbocycles. The van der Waals surface area contributed by atoms with Crippen LogP contribution in [0.1, 0.15) is 42.5 Å². The summed E-state index contributed by atoms with van der Waals surface area (Å²) in [5.41, 5.74) is 3.43. The van der Waals surface area contributed by atoms with E-state index < -0.39 is 18.1 Å². The SMILES string of the molecule is C=C(F)C(O)N1CCN(c2nc(OCCN(C)C3CCC3)nc3c2CCN(c2cccc4ccc(F)c(C)c24)C3)CC1CC#N. The molecule has 3 aromatic rings. The Bertz CT molecular complexity index is 1610. The van der Waals surface area contributed by atoms with Crippen molar-refractivity contribution in [2.45, 2.75) is 63.9 Å². The number of likely N-dealkylation sites (N-methyl/N-ethyl adjacent to an activating group) is 1. The lowest BCUT2D eigenvalue weighted by molar-refractivity contribution is -0.0167. The molecule has 2 aromatic carbocycles. The quantitative estimate of drug-likeness (QED) is 0.347. The third-order valence-corrected chi connectivity index (χ3v) is 9.70. The van der Waals surface area contributed by atoms with Crippen LogP contribution < -0.4 is 14.5 Å². The van der Waals surface area contributed by atoms with Crippen molar-refractivity contribution in [2.24, 2.45) is 0 Å². The lowest BCUT2D eigenvalue weighted by Gasteiger charge is -2.43. The van der Waals surface area contributed by atoms with Crippen LogP contribution in [-0.2, 0) is 13.0 Å². The van der Waals surface area contributed by atoms with Crippen LogP contribution in [-0.4, -0.2) is 89.6 Å². The highest BCUT2D eigenvalue weighted by molar-refractivity contribution is 5.97. The highest BCUT2D eigenvalue weighted by Crippen LogP contribution is 2.36. The van der Waals surface area contributed by atoms with Crippen molar-refractivity contribution >= 4 is 22.3 Å². The number of anilines is 2. The molecule has 9 nitrogen and oxygen atoms in total. The number of benzene rings is 2. The summed E-state index contributed by atoms with van der Waals surface area (Å²) in [7, 11) is 2.12. The number of nitriles is 1. The molecule has 3 heterocycles. The van der Waals surface area contributed by atoms with Gasteiger partial charge in [0.2, 0.25) is 0 Å². The van der Waals surface area contributed by atoms with Gasteiger partial charge in [-0.1, -0.05) is 31.2 Å². The molecule has 2 atom stereocenters. The Morgan fingerprint density at radius 2 is 2.02 bits per heavy atom. The number of halogens is 2. The van der Waals surface area contributed by atoms with E-state index in [4.69, 9.17) is 14.7 Å². The van der Waals surface area contributed by atoms with Crippen LogP contribution in [0.5, 0.6) is 6.01 Å². The van der Waals surface area contributed by atoms with Gasteiger partial charge in [-0.05, 0) is 56.3 Å². The number of piperazine rings is 1. The summed E-state index contributed by atoms with van der Waals surface area (Å²) < 4.78 is 34.8. The fourth-order valence-corrected chi connectivity index (χ4v) is 6.84. The number of rotatable bonds is 10. The molecule has 238 valence electrons. The van der Waals surface area contributed by atoms with Crippen molar-refractivity contribution in [2.75, 3.05) is 56.2 Å². The van der Waals surface area contributed by atoms with E-state index >= 15 is 0 Å². The second-order valence-electron chi connectivity index (χ2n) is 12.4. The number of aromatic nitrogens is 2. The van der Waals surface area contributed by atoms with Gasteiger partial charge >= 0.3 is 6.01 Å². The van der Waals surface area contributed by atoms with Gasteiger partial charge in [0.25, 0.3) is 0 Å². The van der Waals surface area contributed by atoms with Gasteiger partial charge in [0.15, 0.2) is 6.23 Å². The van der Waals surface area contributed by atoms with E-state index in [1.807, 2.05) is 31.2 Å². The van der Waals surface area contributed by atoms with Gasteiger partial charge in [-0.2, -0.15) is 15.2 Å². The molecule has 1 aromatic heterocycles. The number of aliphatic hydroxyl groups is 1. The minimum Gasteiger partial charge on any atom is -0.462 e. The van der Waals surface area contributed by atoms with Crippen molar-refractivity contribution < 1.29 is 18.6 Å². The Kier molecular flexibility index (Phi) is 9.17. The molecule has 3 aliphatic rings. The smallest absolute Gasteiger partial charge is 0.318 e. The zero-order chi connectivity index (χ0) is 31.7. The van der Waals surface area contributed by atoms with Gasteiger partial charge in [-0.25, -0.2) is 8.78 Å².